The van der Waals surface area contributed by atoms with Crippen LogP contribution in [0.25, 0.3) is 0 Å². The molecule has 1 fully saturated rings. The number of hydrogen-bond donors (Lipinski definition) is 1. The van der Waals surface area contributed by atoms with Gasteiger partial charge in [-0.25, -0.2) is 4.79 Å². The lowest BCUT2D eigenvalue weighted by molar-refractivity contribution is -0.148. The van der Waals surface area contributed by atoms with Gasteiger partial charge in [0.1, 0.15) is 6.10 Å². The summed E-state index contributed by atoms with van der Waals surface area (Å²) in [5, 5.41) is 9.02. The normalized spacial score (nSPS) is 32.6. The zero-order valence-electron chi connectivity index (χ0n) is 9.98. The van der Waals surface area contributed by atoms with Crippen molar-refractivity contribution in [3.05, 3.63) is 11.6 Å². The summed E-state index contributed by atoms with van der Waals surface area (Å²) >= 11 is 0. The number of aliphatic hydroxyl groups excluding tert-OH is 1. The highest BCUT2D eigenvalue weighted by atomic mass is 16.7. The molecular weight excluding hydrogens is 224 g/mol. The van der Waals surface area contributed by atoms with Crippen LogP contribution in [0, 0.1) is 0 Å². The Morgan fingerprint density at radius 1 is 1.71 bits per heavy atom. The molecule has 1 N–H and O–H groups in total. The second-order valence-corrected chi connectivity index (χ2v) is 4.29. The van der Waals surface area contributed by atoms with Gasteiger partial charge in [-0.3, -0.25) is 0 Å². The molecule has 1 saturated heterocycles. The van der Waals surface area contributed by atoms with Crippen molar-refractivity contribution in [2.45, 2.75) is 38.1 Å². The summed E-state index contributed by atoms with van der Waals surface area (Å²) < 4.78 is 16.2. The number of ether oxygens (including phenoxy) is 3. The Hall–Kier alpha value is -0.910. The molecule has 2 rings (SSSR count). The molecule has 0 aromatic heterocycles. The molecule has 96 valence electrons. The van der Waals surface area contributed by atoms with Gasteiger partial charge in [-0.15, -0.1) is 0 Å². The molecule has 17 heavy (non-hydrogen) atoms. The Bertz CT molecular complexity index is 325. The zero-order valence-corrected chi connectivity index (χ0v) is 9.98. The van der Waals surface area contributed by atoms with Crippen LogP contribution in [0.5, 0.6) is 0 Å². The van der Waals surface area contributed by atoms with Gasteiger partial charge in [0.2, 0.25) is 0 Å². The molecule has 5 nitrogen and oxygen atoms in total. The van der Waals surface area contributed by atoms with E-state index < -0.39 is 5.79 Å². The molecule has 5 heteroatoms. The quantitative estimate of drug-likeness (QED) is 0.740. The highest BCUT2D eigenvalue weighted by Gasteiger charge is 2.42. The summed E-state index contributed by atoms with van der Waals surface area (Å²) in [5.74, 6) is -1.13. The van der Waals surface area contributed by atoms with Crippen molar-refractivity contribution < 1.29 is 24.1 Å². The maximum Gasteiger partial charge on any atom is 0.333 e. The standard InChI is InChI=1S/C12H18O5/c1-2-15-11(14)9-4-3-5-12(6-9)16-8-10(7-13)17-12/h6,10,13H,2-5,7-8H2,1H3. The van der Waals surface area contributed by atoms with E-state index in [1.165, 1.54) is 0 Å². The van der Waals surface area contributed by atoms with Crippen molar-refractivity contribution in [2.75, 3.05) is 19.8 Å². The number of carbonyl (C=O) groups is 1. The van der Waals surface area contributed by atoms with Crippen molar-refractivity contribution in [1.29, 1.82) is 0 Å². The van der Waals surface area contributed by atoms with Crippen molar-refractivity contribution in [3.8, 4) is 0 Å². The van der Waals surface area contributed by atoms with Crippen molar-refractivity contribution in [1.82, 2.24) is 0 Å². The van der Waals surface area contributed by atoms with E-state index in [1.54, 1.807) is 13.0 Å². The van der Waals surface area contributed by atoms with Crippen LogP contribution in [-0.2, 0) is 19.0 Å². The van der Waals surface area contributed by atoms with Gasteiger partial charge in [-0.05, 0) is 25.8 Å². The van der Waals surface area contributed by atoms with Crippen molar-refractivity contribution >= 4 is 5.97 Å². The molecule has 2 aliphatic rings. The lowest BCUT2D eigenvalue weighted by Gasteiger charge is -2.29. The van der Waals surface area contributed by atoms with E-state index in [0.29, 0.717) is 31.6 Å². The SMILES string of the molecule is CCOC(=O)C1=CC2(CCC1)OCC(CO)O2. The molecule has 2 unspecified atom stereocenters. The molecule has 1 aliphatic carbocycles. The molecule has 1 aliphatic heterocycles. The molecule has 0 aromatic rings. The third-order valence-electron chi connectivity index (χ3n) is 2.99. The maximum absolute atomic E-state index is 11.6. The summed E-state index contributed by atoms with van der Waals surface area (Å²) in [7, 11) is 0. The number of hydrogen-bond acceptors (Lipinski definition) is 5. The van der Waals surface area contributed by atoms with Crippen LogP contribution in [0.3, 0.4) is 0 Å². The fourth-order valence-corrected chi connectivity index (χ4v) is 2.20. The molecular formula is C12H18O5. The van der Waals surface area contributed by atoms with Gasteiger partial charge in [-0.2, -0.15) is 0 Å². The Morgan fingerprint density at radius 3 is 3.18 bits per heavy atom. The van der Waals surface area contributed by atoms with E-state index in [-0.39, 0.29) is 18.7 Å². The Morgan fingerprint density at radius 2 is 2.53 bits per heavy atom. The smallest absolute Gasteiger partial charge is 0.333 e. The first kappa shape index (κ1) is 12.5. The Balaban J connectivity index is 2.09. The van der Waals surface area contributed by atoms with Crippen LogP contribution in [0.4, 0.5) is 0 Å². The lowest BCUT2D eigenvalue weighted by Crippen LogP contribution is -2.33. The van der Waals surface area contributed by atoms with Crippen LogP contribution in [0.2, 0.25) is 0 Å². The fraction of sp³-hybridized carbons (Fsp3) is 0.750. The molecule has 1 spiro atoms. The second kappa shape index (κ2) is 5.16. The number of esters is 1. The van der Waals surface area contributed by atoms with Crippen LogP contribution in [0.1, 0.15) is 26.2 Å². The van der Waals surface area contributed by atoms with E-state index >= 15 is 0 Å². The topological polar surface area (TPSA) is 65.0 Å². The summed E-state index contributed by atoms with van der Waals surface area (Å²) in [4.78, 5) is 11.6. The minimum Gasteiger partial charge on any atom is -0.463 e. The van der Waals surface area contributed by atoms with Crippen molar-refractivity contribution in [2.24, 2.45) is 0 Å². The number of aliphatic hydroxyl groups is 1. The molecule has 2 atom stereocenters. The molecule has 0 saturated carbocycles. The minimum absolute atomic E-state index is 0.0651. The summed E-state index contributed by atoms with van der Waals surface area (Å²) in [5.41, 5.74) is 0.608. The molecule has 0 aromatic carbocycles. The summed E-state index contributed by atoms with van der Waals surface area (Å²) in [6.45, 7) is 2.44. The lowest BCUT2D eigenvalue weighted by atomic mass is 9.94. The van der Waals surface area contributed by atoms with E-state index in [1.807, 2.05) is 0 Å². The third kappa shape index (κ3) is 2.68. The van der Waals surface area contributed by atoms with Crippen LogP contribution in [0.15, 0.2) is 11.6 Å². The van der Waals surface area contributed by atoms with Gasteiger partial charge >= 0.3 is 5.97 Å². The Labute approximate surface area is 100 Å². The van der Waals surface area contributed by atoms with Gasteiger partial charge in [0, 0.05) is 12.0 Å². The van der Waals surface area contributed by atoms with Gasteiger partial charge in [-0.1, -0.05) is 0 Å². The summed E-state index contributed by atoms with van der Waals surface area (Å²) in [6, 6.07) is 0. The highest BCUT2D eigenvalue weighted by molar-refractivity contribution is 5.88. The van der Waals surface area contributed by atoms with Crippen molar-refractivity contribution in [3.63, 3.8) is 0 Å². The number of rotatable bonds is 3. The van der Waals surface area contributed by atoms with Gasteiger partial charge in [0.05, 0.1) is 19.8 Å². The number of carbonyl (C=O) groups excluding carboxylic acids is 1. The Kier molecular flexibility index (Phi) is 3.81. The first-order chi connectivity index (χ1) is 8.19. The van der Waals surface area contributed by atoms with Crippen LogP contribution in [-0.4, -0.2) is 42.8 Å². The maximum atomic E-state index is 11.6. The average Bonchev–Trinajstić information content (AvgIpc) is 2.73. The van der Waals surface area contributed by atoms with Gasteiger partial charge in [0.25, 0.3) is 0 Å². The highest BCUT2D eigenvalue weighted by Crippen LogP contribution is 2.36. The van der Waals surface area contributed by atoms with Gasteiger partial charge < -0.3 is 19.3 Å². The predicted molar refractivity (Wildman–Crippen MR) is 59.2 cm³/mol. The summed E-state index contributed by atoms with van der Waals surface area (Å²) in [6.07, 6.45) is 3.64. The third-order valence-corrected chi connectivity index (χ3v) is 2.99. The monoisotopic (exact) mass is 242 g/mol. The molecule has 1 heterocycles. The molecule has 0 amide bonds. The minimum atomic E-state index is -0.826. The van der Waals surface area contributed by atoms with E-state index in [2.05, 4.69) is 0 Å². The van der Waals surface area contributed by atoms with E-state index in [0.717, 1.165) is 6.42 Å². The molecule has 0 bridgehead atoms. The largest absolute Gasteiger partial charge is 0.463 e. The first-order valence-corrected chi connectivity index (χ1v) is 6.00. The fourth-order valence-electron chi connectivity index (χ4n) is 2.20. The zero-order chi connectivity index (χ0) is 12.3. The van der Waals surface area contributed by atoms with Crippen LogP contribution < -0.4 is 0 Å². The molecule has 0 radical (unpaired) electrons. The predicted octanol–water partition coefficient (Wildman–Crippen LogP) is 0.764. The average molecular weight is 242 g/mol. The van der Waals surface area contributed by atoms with E-state index in [9.17, 15) is 4.79 Å². The van der Waals surface area contributed by atoms with Crippen LogP contribution >= 0.6 is 0 Å². The first-order valence-electron chi connectivity index (χ1n) is 6.00. The second-order valence-electron chi connectivity index (χ2n) is 4.29. The van der Waals surface area contributed by atoms with E-state index in [4.69, 9.17) is 19.3 Å². The van der Waals surface area contributed by atoms with Gasteiger partial charge in [0.15, 0.2) is 5.79 Å².